The largest absolute Gasteiger partial charge is 0.273 e. The molecule has 2 aromatic carbocycles. The highest BCUT2D eigenvalue weighted by Gasteiger charge is 2.08. The molecule has 2 N–H and O–H groups in total. The maximum Gasteiger partial charge on any atom is 0.269 e. The molecule has 12 heteroatoms. The first kappa shape index (κ1) is 28.8. The highest BCUT2D eigenvalue weighted by atomic mass is 16.6. The first-order chi connectivity index (χ1) is 17.7. The van der Waals surface area contributed by atoms with Crippen molar-refractivity contribution in [2.75, 3.05) is 0 Å². The summed E-state index contributed by atoms with van der Waals surface area (Å²) in [6.45, 7) is 3.42. The van der Waals surface area contributed by atoms with Crippen molar-refractivity contribution >= 4 is 34.6 Å². The Hall–Kier alpha value is -4.48. The first-order valence-corrected chi connectivity index (χ1v) is 11.8. The summed E-state index contributed by atoms with van der Waals surface area (Å²) in [7, 11) is 0. The van der Waals surface area contributed by atoms with Crippen LogP contribution in [0.4, 0.5) is 11.4 Å². The summed E-state index contributed by atoms with van der Waals surface area (Å²) in [4.78, 5) is 44.4. The molecule has 0 spiro atoms. The van der Waals surface area contributed by atoms with E-state index in [1.807, 2.05) is 0 Å². The van der Waals surface area contributed by atoms with E-state index in [0.29, 0.717) is 48.2 Å². The third kappa shape index (κ3) is 10.3. The Morgan fingerprint density at radius 2 is 0.973 bits per heavy atom. The lowest BCUT2D eigenvalue weighted by molar-refractivity contribution is -0.385. The van der Waals surface area contributed by atoms with Crippen LogP contribution in [0.25, 0.3) is 0 Å². The van der Waals surface area contributed by atoms with Crippen LogP contribution in [-0.2, 0) is 9.59 Å². The fourth-order valence-electron chi connectivity index (χ4n) is 3.28. The highest BCUT2D eigenvalue weighted by Crippen LogP contribution is 2.14. The number of unbranched alkanes of at least 4 members (excludes halogenated alkanes) is 4. The molecule has 0 fully saturated rings. The number of benzene rings is 2. The van der Waals surface area contributed by atoms with Gasteiger partial charge in [0.25, 0.3) is 11.4 Å². The second-order valence-electron chi connectivity index (χ2n) is 8.34. The predicted octanol–water partition coefficient (Wildman–Crippen LogP) is 4.61. The molecule has 37 heavy (non-hydrogen) atoms. The van der Waals surface area contributed by atoms with Crippen molar-refractivity contribution in [3.8, 4) is 0 Å². The second kappa shape index (κ2) is 14.8. The summed E-state index contributed by atoms with van der Waals surface area (Å²) in [5, 5.41) is 29.5. The Bertz CT molecular complexity index is 1070. The number of amides is 2. The van der Waals surface area contributed by atoms with Gasteiger partial charge in [0.1, 0.15) is 0 Å². The first-order valence-electron chi connectivity index (χ1n) is 11.8. The quantitative estimate of drug-likeness (QED) is 0.163. The van der Waals surface area contributed by atoms with Gasteiger partial charge in [-0.1, -0.05) is 19.3 Å². The molecule has 0 heterocycles. The standard InChI is InChI=1S/C25H30N6O6/c1-18(20-10-14-22(15-11-20)30(34)35)26-28-24(32)8-6-4-3-5-7-9-25(33)29-27-19(2)21-12-16-23(17-13-21)31(36)37/h10-17H,3-9H2,1-2H3,(H,28,32)(H,29,33). The van der Waals surface area contributed by atoms with Crippen LogP contribution in [0.15, 0.2) is 58.7 Å². The number of nitro groups is 2. The van der Waals surface area contributed by atoms with E-state index >= 15 is 0 Å². The van der Waals surface area contributed by atoms with Crippen LogP contribution in [0.1, 0.15) is 69.9 Å². The van der Waals surface area contributed by atoms with Gasteiger partial charge in [0.2, 0.25) is 11.8 Å². The highest BCUT2D eigenvalue weighted by molar-refractivity contribution is 6.00. The van der Waals surface area contributed by atoms with Crippen LogP contribution in [-0.4, -0.2) is 33.1 Å². The number of nitrogens with one attached hydrogen (secondary N) is 2. The molecule has 0 saturated heterocycles. The smallest absolute Gasteiger partial charge is 0.269 e. The minimum atomic E-state index is -0.477. The van der Waals surface area contributed by atoms with Gasteiger partial charge >= 0.3 is 0 Å². The number of hydrazone groups is 2. The Labute approximate surface area is 214 Å². The monoisotopic (exact) mass is 510 g/mol. The number of carbonyl (C=O) groups excluding carboxylic acids is 2. The summed E-state index contributed by atoms with van der Waals surface area (Å²) >= 11 is 0. The number of carbonyl (C=O) groups is 2. The molecular weight excluding hydrogens is 480 g/mol. The lowest BCUT2D eigenvalue weighted by Crippen LogP contribution is -2.19. The van der Waals surface area contributed by atoms with Gasteiger partial charge in [-0.3, -0.25) is 29.8 Å². The number of non-ortho nitro benzene ring substituents is 2. The minimum absolute atomic E-state index is 0.00972. The summed E-state index contributed by atoms with van der Waals surface area (Å²) in [5.74, 6) is -0.413. The number of nitrogens with zero attached hydrogens (tertiary/aromatic N) is 4. The predicted molar refractivity (Wildman–Crippen MR) is 139 cm³/mol. The van der Waals surface area contributed by atoms with E-state index in [0.717, 1.165) is 19.3 Å². The number of hydrogen-bond donors (Lipinski definition) is 2. The van der Waals surface area contributed by atoms with Crippen molar-refractivity contribution in [3.05, 3.63) is 79.9 Å². The molecule has 0 atom stereocenters. The summed E-state index contributed by atoms with van der Waals surface area (Å²) in [5.41, 5.74) is 7.44. The molecular formula is C25H30N6O6. The maximum absolute atomic E-state index is 12.0. The van der Waals surface area contributed by atoms with Gasteiger partial charge in [-0.05, 0) is 62.1 Å². The van der Waals surface area contributed by atoms with Gasteiger partial charge in [-0.15, -0.1) is 0 Å². The zero-order chi connectivity index (χ0) is 27.2. The topological polar surface area (TPSA) is 169 Å². The molecule has 12 nitrogen and oxygen atoms in total. The number of nitro benzene ring substituents is 2. The molecule has 0 aliphatic heterocycles. The van der Waals surface area contributed by atoms with Crippen LogP contribution >= 0.6 is 0 Å². The number of hydrogen-bond acceptors (Lipinski definition) is 8. The zero-order valence-corrected chi connectivity index (χ0v) is 20.8. The van der Waals surface area contributed by atoms with Crippen LogP contribution in [0.5, 0.6) is 0 Å². The normalized spacial score (nSPS) is 11.6. The van der Waals surface area contributed by atoms with E-state index in [1.165, 1.54) is 24.3 Å². The molecule has 0 aliphatic carbocycles. The van der Waals surface area contributed by atoms with Gasteiger partial charge in [-0.25, -0.2) is 10.9 Å². The zero-order valence-electron chi connectivity index (χ0n) is 20.8. The van der Waals surface area contributed by atoms with Crippen molar-refractivity contribution < 1.29 is 19.4 Å². The summed E-state index contributed by atoms with van der Waals surface area (Å²) < 4.78 is 0. The number of rotatable bonds is 14. The molecule has 0 aliphatic rings. The van der Waals surface area contributed by atoms with Crippen molar-refractivity contribution in [1.29, 1.82) is 0 Å². The molecule has 0 bridgehead atoms. The van der Waals surface area contributed by atoms with Crippen LogP contribution in [0.2, 0.25) is 0 Å². The van der Waals surface area contributed by atoms with E-state index in [4.69, 9.17) is 0 Å². The lowest BCUT2D eigenvalue weighted by atomic mass is 10.1. The van der Waals surface area contributed by atoms with Gasteiger partial charge in [0, 0.05) is 37.1 Å². The van der Waals surface area contributed by atoms with Crippen molar-refractivity contribution in [2.45, 2.75) is 58.8 Å². The Morgan fingerprint density at radius 3 is 1.30 bits per heavy atom. The molecule has 2 aromatic rings. The van der Waals surface area contributed by atoms with Gasteiger partial charge in [0.15, 0.2) is 0 Å². The van der Waals surface area contributed by atoms with E-state index < -0.39 is 9.85 Å². The van der Waals surface area contributed by atoms with Gasteiger partial charge in [0.05, 0.1) is 21.3 Å². The molecule has 0 saturated carbocycles. The third-order valence-corrected chi connectivity index (χ3v) is 5.50. The SMILES string of the molecule is CC(=NNC(=O)CCCCCCCC(=O)NN=C(C)c1ccc([N+](=O)[O-])cc1)c1ccc([N+](=O)[O-])cc1. The average molecular weight is 511 g/mol. The van der Waals surface area contributed by atoms with Crippen LogP contribution in [0.3, 0.4) is 0 Å². The minimum Gasteiger partial charge on any atom is -0.273 e. The fourth-order valence-corrected chi connectivity index (χ4v) is 3.28. The second-order valence-corrected chi connectivity index (χ2v) is 8.34. The van der Waals surface area contributed by atoms with Crippen molar-refractivity contribution in [3.63, 3.8) is 0 Å². The maximum atomic E-state index is 12.0. The van der Waals surface area contributed by atoms with Crippen molar-refractivity contribution in [2.24, 2.45) is 10.2 Å². The molecule has 196 valence electrons. The van der Waals surface area contributed by atoms with Crippen molar-refractivity contribution in [1.82, 2.24) is 10.9 Å². The summed E-state index contributed by atoms with van der Waals surface area (Å²) in [6.07, 6.45) is 4.62. The van der Waals surface area contributed by atoms with E-state index in [9.17, 15) is 29.8 Å². The van der Waals surface area contributed by atoms with Crippen LogP contribution < -0.4 is 10.9 Å². The fraction of sp³-hybridized carbons (Fsp3) is 0.360. The van der Waals surface area contributed by atoms with E-state index in [-0.39, 0.29) is 23.2 Å². The van der Waals surface area contributed by atoms with E-state index in [1.54, 1.807) is 38.1 Å². The van der Waals surface area contributed by atoms with Gasteiger partial charge < -0.3 is 0 Å². The Morgan fingerprint density at radius 1 is 0.649 bits per heavy atom. The molecule has 2 amide bonds. The van der Waals surface area contributed by atoms with Crippen LogP contribution in [0, 0.1) is 20.2 Å². The molecule has 0 radical (unpaired) electrons. The average Bonchev–Trinajstić information content (AvgIpc) is 2.89. The molecule has 2 rings (SSSR count). The Balaban J connectivity index is 1.57. The Kier molecular flexibility index (Phi) is 11.5. The third-order valence-electron chi connectivity index (χ3n) is 5.50. The lowest BCUT2D eigenvalue weighted by Gasteiger charge is -2.04. The van der Waals surface area contributed by atoms with E-state index in [2.05, 4.69) is 21.1 Å². The molecule has 0 aromatic heterocycles. The molecule has 0 unspecified atom stereocenters. The summed E-state index contributed by atoms with van der Waals surface area (Å²) in [6, 6.07) is 11.9. The van der Waals surface area contributed by atoms with Gasteiger partial charge in [-0.2, -0.15) is 10.2 Å².